The summed E-state index contributed by atoms with van der Waals surface area (Å²) in [6.07, 6.45) is 2.61. The Morgan fingerprint density at radius 2 is 2.47 bits per heavy atom. The number of fused-ring (bicyclic) bond motifs is 1. The molecule has 6 nitrogen and oxygen atoms in total. The van der Waals surface area contributed by atoms with Gasteiger partial charge in [-0.25, -0.2) is 14.3 Å². The smallest absolute Gasteiger partial charge is 0.356 e. The Morgan fingerprint density at radius 1 is 1.59 bits per heavy atom. The molecule has 1 aliphatic rings. The van der Waals surface area contributed by atoms with Crippen LogP contribution in [0.3, 0.4) is 0 Å². The first-order chi connectivity index (χ1) is 8.25. The zero-order valence-electron chi connectivity index (χ0n) is 9.04. The average Bonchev–Trinajstić information content (AvgIpc) is 2.97. The Balaban J connectivity index is 2.14. The Kier molecular flexibility index (Phi) is 2.29. The average molecular weight is 233 g/mol. The summed E-state index contributed by atoms with van der Waals surface area (Å²) in [5.41, 5.74) is 1.54. The van der Waals surface area contributed by atoms with Crippen LogP contribution in [0.5, 0.6) is 0 Å². The first-order valence-corrected chi connectivity index (χ1v) is 5.41. The van der Waals surface area contributed by atoms with Crippen molar-refractivity contribution in [3.05, 3.63) is 29.7 Å². The number of carboxylic acids is 1. The lowest BCUT2D eigenvalue weighted by Gasteiger charge is -2.09. The number of nitrogens with zero attached hydrogens (tertiary/aromatic N) is 3. The molecule has 0 aromatic carbocycles. The van der Waals surface area contributed by atoms with Gasteiger partial charge in [0, 0.05) is 24.8 Å². The number of ether oxygens (including phenoxy) is 1. The van der Waals surface area contributed by atoms with E-state index in [1.807, 2.05) is 6.07 Å². The van der Waals surface area contributed by atoms with Crippen molar-refractivity contribution in [2.75, 3.05) is 13.2 Å². The van der Waals surface area contributed by atoms with E-state index < -0.39 is 5.97 Å². The van der Waals surface area contributed by atoms with Crippen molar-refractivity contribution in [3.63, 3.8) is 0 Å². The highest BCUT2D eigenvalue weighted by Gasteiger charge is 2.22. The van der Waals surface area contributed by atoms with Crippen molar-refractivity contribution in [1.82, 2.24) is 14.6 Å². The van der Waals surface area contributed by atoms with Crippen molar-refractivity contribution in [1.29, 1.82) is 0 Å². The predicted octanol–water partition coefficient (Wildman–Crippen LogP) is 0.931. The second-order valence-electron chi connectivity index (χ2n) is 4.03. The van der Waals surface area contributed by atoms with Gasteiger partial charge in [-0.2, -0.15) is 5.10 Å². The number of hydrogen-bond acceptors (Lipinski definition) is 4. The molecule has 17 heavy (non-hydrogen) atoms. The lowest BCUT2D eigenvalue weighted by molar-refractivity contribution is 0.0690. The molecule has 1 saturated heterocycles. The van der Waals surface area contributed by atoms with Crippen LogP contribution in [0, 0.1) is 0 Å². The maximum atomic E-state index is 10.9. The monoisotopic (exact) mass is 233 g/mol. The molecular formula is C11H11N3O3. The van der Waals surface area contributed by atoms with E-state index >= 15 is 0 Å². The third-order valence-corrected chi connectivity index (χ3v) is 2.95. The maximum absolute atomic E-state index is 10.9. The largest absolute Gasteiger partial charge is 0.476 e. The topological polar surface area (TPSA) is 76.7 Å². The first-order valence-electron chi connectivity index (χ1n) is 5.41. The van der Waals surface area contributed by atoms with Crippen molar-refractivity contribution in [2.45, 2.75) is 12.3 Å². The van der Waals surface area contributed by atoms with Crippen LogP contribution in [0.25, 0.3) is 5.65 Å². The minimum Gasteiger partial charge on any atom is -0.476 e. The van der Waals surface area contributed by atoms with Crippen LogP contribution in [0.15, 0.2) is 18.3 Å². The summed E-state index contributed by atoms with van der Waals surface area (Å²) < 4.78 is 6.94. The Hall–Kier alpha value is -1.95. The van der Waals surface area contributed by atoms with E-state index in [1.165, 1.54) is 6.07 Å². The van der Waals surface area contributed by atoms with Gasteiger partial charge >= 0.3 is 5.97 Å². The lowest BCUT2D eigenvalue weighted by atomic mass is 10.1. The number of aromatic carboxylic acids is 1. The lowest BCUT2D eigenvalue weighted by Crippen LogP contribution is -2.07. The van der Waals surface area contributed by atoms with E-state index in [4.69, 9.17) is 9.84 Å². The van der Waals surface area contributed by atoms with Gasteiger partial charge in [-0.05, 0) is 12.5 Å². The predicted molar refractivity (Wildman–Crippen MR) is 58.1 cm³/mol. The summed E-state index contributed by atoms with van der Waals surface area (Å²) in [6, 6.07) is 3.34. The van der Waals surface area contributed by atoms with Crippen molar-refractivity contribution >= 4 is 11.6 Å². The van der Waals surface area contributed by atoms with Crippen LogP contribution >= 0.6 is 0 Å². The minimum absolute atomic E-state index is 0.0175. The quantitative estimate of drug-likeness (QED) is 0.835. The highest BCUT2D eigenvalue weighted by atomic mass is 16.5. The molecule has 1 unspecified atom stereocenters. The van der Waals surface area contributed by atoms with Gasteiger partial charge in [0.15, 0.2) is 11.3 Å². The molecule has 0 amide bonds. The van der Waals surface area contributed by atoms with Gasteiger partial charge < -0.3 is 9.84 Å². The Labute approximate surface area is 96.8 Å². The molecule has 0 aliphatic carbocycles. The van der Waals surface area contributed by atoms with E-state index in [0.717, 1.165) is 18.7 Å². The van der Waals surface area contributed by atoms with Gasteiger partial charge in [0.25, 0.3) is 0 Å². The number of aromatic nitrogens is 3. The van der Waals surface area contributed by atoms with E-state index in [2.05, 4.69) is 10.1 Å². The van der Waals surface area contributed by atoms with Crippen LogP contribution in [0.4, 0.5) is 0 Å². The summed E-state index contributed by atoms with van der Waals surface area (Å²) in [5.74, 6) is -0.772. The fourth-order valence-electron chi connectivity index (χ4n) is 2.10. The van der Waals surface area contributed by atoms with Gasteiger partial charge in [0.1, 0.15) is 0 Å². The highest BCUT2D eigenvalue weighted by molar-refractivity contribution is 5.86. The van der Waals surface area contributed by atoms with Gasteiger partial charge in [-0.3, -0.25) is 0 Å². The molecule has 0 spiro atoms. The minimum atomic E-state index is -1.04. The number of carboxylic acid groups (broad SMARTS) is 1. The van der Waals surface area contributed by atoms with Crippen molar-refractivity contribution < 1.29 is 14.6 Å². The molecule has 1 aliphatic heterocycles. The molecule has 3 heterocycles. The number of hydrogen-bond donors (Lipinski definition) is 1. The van der Waals surface area contributed by atoms with Gasteiger partial charge in [0.05, 0.1) is 12.3 Å². The normalized spacial score (nSPS) is 19.9. The van der Waals surface area contributed by atoms with Crippen LogP contribution in [-0.4, -0.2) is 38.9 Å². The number of rotatable bonds is 2. The fraction of sp³-hybridized carbons (Fsp3) is 0.364. The molecule has 0 radical (unpaired) electrons. The molecule has 2 aromatic heterocycles. The third-order valence-electron chi connectivity index (χ3n) is 2.95. The second-order valence-corrected chi connectivity index (χ2v) is 4.03. The van der Waals surface area contributed by atoms with Crippen LogP contribution in [-0.2, 0) is 4.74 Å². The molecule has 1 fully saturated rings. The zero-order valence-corrected chi connectivity index (χ0v) is 9.04. The summed E-state index contributed by atoms with van der Waals surface area (Å²) in [5, 5.41) is 13.0. The molecule has 2 aromatic rings. The Bertz CT molecular complexity index is 572. The van der Waals surface area contributed by atoms with E-state index in [1.54, 1.807) is 10.7 Å². The number of carbonyl (C=O) groups is 1. The van der Waals surface area contributed by atoms with Crippen LogP contribution in [0.1, 0.15) is 28.5 Å². The summed E-state index contributed by atoms with van der Waals surface area (Å²) in [4.78, 5) is 15.0. The SMILES string of the molecule is O=C(O)c1cc2nccc(C3CCOC3)n2n1. The second kappa shape index (κ2) is 3.81. The first kappa shape index (κ1) is 10.2. The van der Waals surface area contributed by atoms with Crippen molar-refractivity contribution in [2.24, 2.45) is 0 Å². The van der Waals surface area contributed by atoms with E-state index in [-0.39, 0.29) is 11.6 Å². The Morgan fingerprint density at radius 3 is 3.18 bits per heavy atom. The standard InChI is InChI=1S/C11H11N3O3/c15-11(16)8-5-10-12-3-1-9(14(10)13-8)7-2-4-17-6-7/h1,3,5,7H,2,4,6H2,(H,15,16). The van der Waals surface area contributed by atoms with E-state index in [9.17, 15) is 4.79 Å². The van der Waals surface area contributed by atoms with Crippen molar-refractivity contribution in [3.8, 4) is 0 Å². The summed E-state index contributed by atoms with van der Waals surface area (Å²) >= 11 is 0. The maximum Gasteiger partial charge on any atom is 0.356 e. The van der Waals surface area contributed by atoms with Gasteiger partial charge in [0.2, 0.25) is 0 Å². The molecule has 1 atom stereocenters. The molecule has 0 bridgehead atoms. The van der Waals surface area contributed by atoms with Crippen LogP contribution in [0.2, 0.25) is 0 Å². The highest BCUT2D eigenvalue weighted by Crippen LogP contribution is 2.25. The van der Waals surface area contributed by atoms with E-state index in [0.29, 0.717) is 12.3 Å². The van der Waals surface area contributed by atoms with Gasteiger partial charge in [-0.1, -0.05) is 0 Å². The van der Waals surface area contributed by atoms with Gasteiger partial charge in [-0.15, -0.1) is 0 Å². The molecule has 6 heteroatoms. The van der Waals surface area contributed by atoms with Crippen LogP contribution < -0.4 is 0 Å². The summed E-state index contributed by atoms with van der Waals surface area (Å²) in [7, 11) is 0. The summed E-state index contributed by atoms with van der Waals surface area (Å²) in [6.45, 7) is 1.39. The fourth-order valence-corrected chi connectivity index (χ4v) is 2.10. The molecule has 3 rings (SSSR count). The molecular weight excluding hydrogens is 222 g/mol. The molecule has 88 valence electrons. The third kappa shape index (κ3) is 1.66. The molecule has 0 saturated carbocycles. The molecule has 1 N–H and O–H groups in total. The zero-order chi connectivity index (χ0) is 11.8.